The Balaban J connectivity index is 1.65. The first kappa shape index (κ1) is 17.4. The van der Waals surface area contributed by atoms with E-state index in [0.717, 1.165) is 18.9 Å². The van der Waals surface area contributed by atoms with Crippen LogP contribution in [-0.4, -0.2) is 29.9 Å². The fourth-order valence-electron chi connectivity index (χ4n) is 3.08. The molecular weight excluding hydrogens is 372 g/mol. The van der Waals surface area contributed by atoms with E-state index in [0.29, 0.717) is 23.5 Å². The molecule has 1 saturated heterocycles. The number of hydrogen-bond donors (Lipinski definition) is 2. The van der Waals surface area contributed by atoms with Gasteiger partial charge in [0, 0.05) is 12.7 Å². The highest BCUT2D eigenvalue weighted by Crippen LogP contribution is 2.30. The van der Waals surface area contributed by atoms with Crippen LogP contribution in [-0.2, 0) is 14.8 Å². The Bertz CT molecular complexity index is 1120. The summed E-state index contributed by atoms with van der Waals surface area (Å²) in [4.78, 5) is 17.6. The number of hydrogen-bond acceptors (Lipinski definition) is 6. The van der Waals surface area contributed by atoms with Crippen LogP contribution in [0.15, 0.2) is 47.4 Å². The molecule has 0 amide bonds. The van der Waals surface area contributed by atoms with Gasteiger partial charge in [-0.2, -0.15) is 0 Å². The van der Waals surface area contributed by atoms with Crippen molar-refractivity contribution in [2.75, 3.05) is 11.3 Å². The number of aromatic nitrogens is 2. The molecule has 1 aliphatic rings. The number of H-pyrrole nitrogens is 1. The van der Waals surface area contributed by atoms with Crippen molar-refractivity contribution in [2.45, 2.75) is 23.8 Å². The summed E-state index contributed by atoms with van der Waals surface area (Å²) in [5, 5.41) is 11.1. The topological polar surface area (TPSA) is 127 Å². The first-order valence-electron chi connectivity index (χ1n) is 8.31. The zero-order valence-corrected chi connectivity index (χ0v) is 14.9. The van der Waals surface area contributed by atoms with E-state index >= 15 is 0 Å². The molecule has 1 atom stereocenters. The lowest BCUT2D eigenvalue weighted by molar-refractivity contribution is -0.387. The highest BCUT2D eigenvalue weighted by molar-refractivity contribution is 7.92. The van der Waals surface area contributed by atoms with Crippen LogP contribution in [0.4, 0.5) is 11.4 Å². The average molecular weight is 388 g/mol. The molecule has 0 spiro atoms. The maximum absolute atomic E-state index is 12.6. The minimum absolute atomic E-state index is 0.0792. The standard InChI is InChI=1S/C17H16N4O5S/c22-21(23)14-4-1-2-6-16(14)27(24,25)20-11-7-8-12-13(10-11)19-17(18-12)15-5-3-9-26-15/h1-2,4,6-8,10,15,20H,3,5,9H2,(H,18,19). The van der Waals surface area contributed by atoms with Gasteiger partial charge in [0.2, 0.25) is 0 Å². The molecule has 3 aromatic rings. The summed E-state index contributed by atoms with van der Waals surface area (Å²) in [6.45, 7) is 0.697. The molecule has 2 N–H and O–H groups in total. The van der Waals surface area contributed by atoms with Gasteiger partial charge in [0.1, 0.15) is 11.9 Å². The highest BCUT2D eigenvalue weighted by atomic mass is 32.2. The first-order chi connectivity index (χ1) is 12.9. The number of ether oxygens (including phenoxy) is 1. The van der Waals surface area contributed by atoms with Crippen LogP contribution in [0, 0.1) is 10.1 Å². The molecule has 0 radical (unpaired) electrons. The van der Waals surface area contributed by atoms with Crippen molar-refractivity contribution < 1.29 is 18.1 Å². The summed E-state index contributed by atoms with van der Waals surface area (Å²) in [6, 6.07) is 10.1. The lowest BCUT2D eigenvalue weighted by Crippen LogP contribution is -2.14. The molecule has 140 valence electrons. The molecule has 1 aliphatic heterocycles. The summed E-state index contributed by atoms with van der Waals surface area (Å²) >= 11 is 0. The monoisotopic (exact) mass is 388 g/mol. The molecule has 0 aliphatic carbocycles. The second kappa shape index (κ2) is 6.63. The normalized spacial score (nSPS) is 17.3. The van der Waals surface area contributed by atoms with Gasteiger partial charge in [-0.1, -0.05) is 12.1 Å². The van der Waals surface area contributed by atoms with Crippen molar-refractivity contribution in [3.8, 4) is 0 Å². The number of fused-ring (bicyclic) bond motifs is 1. The second-order valence-electron chi connectivity index (χ2n) is 6.19. The van der Waals surface area contributed by atoms with Gasteiger partial charge in [0.15, 0.2) is 4.90 Å². The number of rotatable bonds is 5. The molecule has 1 fully saturated rings. The Morgan fingerprint density at radius 3 is 2.81 bits per heavy atom. The van der Waals surface area contributed by atoms with E-state index in [1.807, 2.05) is 0 Å². The number of anilines is 1. The van der Waals surface area contributed by atoms with Gasteiger partial charge >= 0.3 is 0 Å². The van der Waals surface area contributed by atoms with Crippen LogP contribution in [0.1, 0.15) is 24.8 Å². The number of imidazole rings is 1. The Labute approximate surface area is 154 Å². The summed E-state index contributed by atoms with van der Waals surface area (Å²) in [5.41, 5.74) is 1.15. The zero-order chi connectivity index (χ0) is 19.0. The Kier molecular flexibility index (Phi) is 4.28. The van der Waals surface area contributed by atoms with Gasteiger partial charge in [-0.3, -0.25) is 14.8 Å². The fourth-order valence-corrected chi connectivity index (χ4v) is 4.31. The van der Waals surface area contributed by atoms with E-state index in [2.05, 4.69) is 14.7 Å². The number of aromatic amines is 1. The largest absolute Gasteiger partial charge is 0.370 e. The van der Waals surface area contributed by atoms with Crippen LogP contribution in [0.5, 0.6) is 0 Å². The van der Waals surface area contributed by atoms with Gasteiger partial charge < -0.3 is 9.72 Å². The van der Waals surface area contributed by atoms with E-state index in [9.17, 15) is 18.5 Å². The zero-order valence-electron chi connectivity index (χ0n) is 14.1. The SMILES string of the molecule is O=[N+]([O-])c1ccccc1S(=O)(=O)Nc1ccc2nc(C3CCCO3)[nH]c2c1. The number of nitrogens with zero attached hydrogens (tertiary/aromatic N) is 2. The van der Waals surface area contributed by atoms with Crippen LogP contribution >= 0.6 is 0 Å². The molecule has 1 aromatic heterocycles. The summed E-state index contributed by atoms with van der Waals surface area (Å²) < 4.78 is 33.2. The van der Waals surface area contributed by atoms with E-state index < -0.39 is 20.6 Å². The maximum Gasteiger partial charge on any atom is 0.289 e. The molecule has 4 rings (SSSR count). The predicted molar refractivity (Wildman–Crippen MR) is 97.9 cm³/mol. The quantitative estimate of drug-likeness (QED) is 0.511. The number of nitro benzene ring substituents is 1. The molecule has 9 nitrogen and oxygen atoms in total. The predicted octanol–water partition coefficient (Wildman–Crippen LogP) is 3.12. The minimum Gasteiger partial charge on any atom is -0.370 e. The Hall–Kier alpha value is -2.98. The number of nitrogens with one attached hydrogen (secondary N) is 2. The third-order valence-corrected chi connectivity index (χ3v) is 5.77. The maximum atomic E-state index is 12.6. The number of benzene rings is 2. The highest BCUT2D eigenvalue weighted by Gasteiger charge is 2.25. The fraction of sp³-hybridized carbons (Fsp3) is 0.235. The molecule has 0 bridgehead atoms. The van der Waals surface area contributed by atoms with Crippen LogP contribution in [0.3, 0.4) is 0 Å². The molecule has 27 heavy (non-hydrogen) atoms. The Morgan fingerprint density at radius 1 is 1.26 bits per heavy atom. The van der Waals surface area contributed by atoms with Crippen LogP contribution < -0.4 is 4.72 Å². The second-order valence-corrected chi connectivity index (χ2v) is 7.84. The third kappa shape index (κ3) is 3.36. The Morgan fingerprint density at radius 2 is 2.07 bits per heavy atom. The number of nitro groups is 1. The summed E-state index contributed by atoms with van der Waals surface area (Å²) in [7, 11) is -4.12. The summed E-state index contributed by atoms with van der Waals surface area (Å²) in [6.07, 6.45) is 1.78. The molecule has 0 saturated carbocycles. The van der Waals surface area contributed by atoms with Crippen LogP contribution in [0.25, 0.3) is 11.0 Å². The molecule has 2 aromatic carbocycles. The van der Waals surface area contributed by atoms with Gasteiger partial charge in [-0.05, 0) is 37.1 Å². The van der Waals surface area contributed by atoms with Crippen molar-refractivity contribution >= 4 is 32.4 Å². The van der Waals surface area contributed by atoms with E-state index in [4.69, 9.17) is 4.74 Å². The molecule has 2 heterocycles. The lowest BCUT2D eigenvalue weighted by atomic mass is 10.2. The lowest BCUT2D eigenvalue weighted by Gasteiger charge is -2.08. The van der Waals surface area contributed by atoms with Crippen molar-refractivity contribution in [1.82, 2.24) is 9.97 Å². The van der Waals surface area contributed by atoms with E-state index in [1.165, 1.54) is 18.2 Å². The van der Waals surface area contributed by atoms with E-state index in [1.54, 1.807) is 18.2 Å². The van der Waals surface area contributed by atoms with Crippen LogP contribution in [0.2, 0.25) is 0 Å². The van der Waals surface area contributed by atoms with Gasteiger partial charge in [-0.25, -0.2) is 13.4 Å². The number of para-hydroxylation sites is 1. The number of sulfonamides is 1. The smallest absolute Gasteiger partial charge is 0.289 e. The minimum atomic E-state index is -4.12. The average Bonchev–Trinajstić information content (AvgIpc) is 3.30. The van der Waals surface area contributed by atoms with Gasteiger partial charge in [0.25, 0.3) is 15.7 Å². The molecule has 10 heteroatoms. The van der Waals surface area contributed by atoms with Gasteiger partial charge in [-0.15, -0.1) is 0 Å². The van der Waals surface area contributed by atoms with Crippen molar-refractivity contribution in [3.05, 3.63) is 58.4 Å². The van der Waals surface area contributed by atoms with Crippen molar-refractivity contribution in [1.29, 1.82) is 0 Å². The van der Waals surface area contributed by atoms with E-state index in [-0.39, 0.29) is 16.7 Å². The first-order valence-corrected chi connectivity index (χ1v) is 9.80. The van der Waals surface area contributed by atoms with Crippen molar-refractivity contribution in [2.24, 2.45) is 0 Å². The summed E-state index contributed by atoms with van der Waals surface area (Å²) in [5.74, 6) is 0.709. The van der Waals surface area contributed by atoms with Crippen molar-refractivity contribution in [3.63, 3.8) is 0 Å². The molecule has 1 unspecified atom stereocenters. The third-order valence-electron chi connectivity index (χ3n) is 4.34. The van der Waals surface area contributed by atoms with Gasteiger partial charge in [0.05, 0.1) is 21.6 Å². The molecular formula is C17H16N4O5S.